The number of carbonyl (C=O) groups excluding carboxylic acids is 1. The average molecular weight is 289 g/mol. The van der Waals surface area contributed by atoms with Crippen molar-refractivity contribution in [2.75, 3.05) is 43.9 Å². The maximum Gasteiger partial charge on any atom is 0.256 e. The lowest BCUT2D eigenvalue weighted by Crippen LogP contribution is -2.49. The van der Waals surface area contributed by atoms with Crippen LogP contribution >= 0.6 is 0 Å². The molecule has 0 aromatic heterocycles. The molecule has 5 heteroatoms. The van der Waals surface area contributed by atoms with Gasteiger partial charge in [-0.3, -0.25) is 4.79 Å². The summed E-state index contributed by atoms with van der Waals surface area (Å²) in [6.45, 7) is 5.25. The number of rotatable bonds is 2. The molecule has 1 fully saturated rings. The van der Waals surface area contributed by atoms with Crippen LogP contribution in [0, 0.1) is 0 Å². The van der Waals surface area contributed by atoms with Gasteiger partial charge in [-0.15, -0.1) is 0 Å². The van der Waals surface area contributed by atoms with Gasteiger partial charge in [0.25, 0.3) is 5.91 Å². The number of carbonyl (C=O) groups is 1. The summed E-state index contributed by atoms with van der Waals surface area (Å²) in [5, 5.41) is 6.67. The van der Waals surface area contributed by atoms with Crippen LogP contribution in [0.5, 0.6) is 0 Å². The predicted octanol–water partition coefficient (Wildman–Crippen LogP) is 2.17. The molecule has 1 aromatic carbocycles. The van der Waals surface area contributed by atoms with Crippen LogP contribution < -0.4 is 10.6 Å². The molecule has 0 radical (unpaired) electrons. The van der Waals surface area contributed by atoms with E-state index >= 15 is 0 Å². The molecule has 1 saturated heterocycles. The van der Waals surface area contributed by atoms with Gasteiger partial charge in [0, 0.05) is 33.3 Å². The van der Waals surface area contributed by atoms with Crippen LogP contribution in [0.3, 0.4) is 0 Å². The summed E-state index contributed by atoms with van der Waals surface area (Å²) in [5.41, 5.74) is 2.46. The lowest BCUT2D eigenvalue weighted by atomic mass is 9.94. The SMILES string of the molecule is COC1(C)CCCN(C(=O)c2cccc3c2NCCN3)C1. The second-order valence-corrected chi connectivity index (χ2v) is 6.07. The highest BCUT2D eigenvalue weighted by Crippen LogP contribution is 2.31. The van der Waals surface area contributed by atoms with Gasteiger partial charge in [-0.25, -0.2) is 0 Å². The minimum atomic E-state index is -0.228. The first kappa shape index (κ1) is 14.2. The molecule has 1 aromatic rings. The molecule has 2 heterocycles. The second kappa shape index (κ2) is 5.56. The first-order valence-corrected chi connectivity index (χ1v) is 7.58. The topological polar surface area (TPSA) is 53.6 Å². The Kier molecular flexibility index (Phi) is 3.76. The number of likely N-dealkylation sites (tertiary alicyclic amines) is 1. The van der Waals surface area contributed by atoms with Crippen LogP contribution in [0.25, 0.3) is 0 Å². The molecular formula is C16H23N3O2. The zero-order valence-corrected chi connectivity index (χ0v) is 12.7. The van der Waals surface area contributed by atoms with Crippen LogP contribution in [-0.2, 0) is 4.74 Å². The molecule has 0 spiro atoms. The Hall–Kier alpha value is -1.75. The van der Waals surface area contributed by atoms with Gasteiger partial charge in [0.05, 0.1) is 22.5 Å². The zero-order valence-electron chi connectivity index (χ0n) is 12.7. The van der Waals surface area contributed by atoms with E-state index in [0.29, 0.717) is 6.54 Å². The van der Waals surface area contributed by atoms with Gasteiger partial charge in [-0.1, -0.05) is 6.07 Å². The molecule has 0 aliphatic carbocycles. The number of para-hydroxylation sites is 1. The molecule has 2 aliphatic rings. The normalized spacial score (nSPS) is 24.8. The van der Waals surface area contributed by atoms with Crippen LogP contribution in [0.2, 0.25) is 0 Å². The second-order valence-electron chi connectivity index (χ2n) is 6.07. The number of benzene rings is 1. The van der Waals surface area contributed by atoms with Gasteiger partial charge in [-0.2, -0.15) is 0 Å². The van der Waals surface area contributed by atoms with E-state index in [0.717, 1.165) is 49.4 Å². The molecule has 2 aliphatic heterocycles. The number of hydrogen-bond acceptors (Lipinski definition) is 4. The Morgan fingerprint density at radius 2 is 2.14 bits per heavy atom. The van der Waals surface area contributed by atoms with E-state index in [9.17, 15) is 4.79 Å². The maximum atomic E-state index is 12.9. The van der Waals surface area contributed by atoms with Gasteiger partial charge < -0.3 is 20.3 Å². The summed E-state index contributed by atoms with van der Waals surface area (Å²) >= 11 is 0. The summed E-state index contributed by atoms with van der Waals surface area (Å²) in [4.78, 5) is 14.8. The Bertz CT molecular complexity index is 546. The van der Waals surface area contributed by atoms with Crippen LogP contribution in [0.4, 0.5) is 11.4 Å². The number of ether oxygens (including phenoxy) is 1. The third-order valence-corrected chi connectivity index (χ3v) is 4.48. The van der Waals surface area contributed by atoms with Crippen molar-refractivity contribution in [2.45, 2.75) is 25.4 Å². The highest BCUT2D eigenvalue weighted by atomic mass is 16.5. The number of hydrogen-bond donors (Lipinski definition) is 2. The van der Waals surface area contributed by atoms with E-state index in [1.165, 1.54) is 0 Å². The number of anilines is 2. The molecule has 21 heavy (non-hydrogen) atoms. The van der Waals surface area contributed by atoms with E-state index in [1.807, 2.05) is 23.1 Å². The zero-order chi connectivity index (χ0) is 14.9. The molecule has 5 nitrogen and oxygen atoms in total. The molecule has 3 rings (SSSR count). The standard InChI is InChI=1S/C16H23N3O2/c1-16(21-2)7-4-10-19(11-16)15(20)12-5-3-6-13-14(12)18-9-8-17-13/h3,5-6,17-18H,4,7-11H2,1-2H3. The lowest BCUT2D eigenvalue weighted by Gasteiger charge is -2.39. The molecule has 0 bridgehead atoms. The number of methoxy groups -OCH3 is 1. The Labute approximate surface area is 125 Å². The first-order chi connectivity index (χ1) is 10.1. The van der Waals surface area contributed by atoms with Crippen molar-refractivity contribution in [3.63, 3.8) is 0 Å². The molecule has 1 unspecified atom stereocenters. The van der Waals surface area contributed by atoms with Crippen LogP contribution in [0.1, 0.15) is 30.1 Å². The van der Waals surface area contributed by atoms with Gasteiger partial charge in [0.1, 0.15) is 0 Å². The van der Waals surface area contributed by atoms with Crippen molar-refractivity contribution in [2.24, 2.45) is 0 Å². The van der Waals surface area contributed by atoms with Crippen molar-refractivity contribution in [1.82, 2.24) is 4.90 Å². The quantitative estimate of drug-likeness (QED) is 0.876. The predicted molar refractivity (Wildman–Crippen MR) is 84.0 cm³/mol. The van der Waals surface area contributed by atoms with Crippen molar-refractivity contribution in [1.29, 1.82) is 0 Å². The molecule has 0 saturated carbocycles. The van der Waals surface area contributed by atoms with E-state index in [-0.39, 0.29) is 11.5 Å². The Balaban J connectivity index is 1.85. The number of piperidine rings is 1. The van der Waals surface area contributed by atoms with Crippen molar-refractivity contribution in [3.8, 4) is 0 Å². The van der Waals surface area contributed by atoms with Crippen molar-refractivity contribution in [3.05, 3.63) is 23.8 Å². The summed E-state index contributed by atoms with van der Waals surface area (Å²) in [5.74, 6) is 0.0889. The number of nitrogens with zero attached hydrogens (tertiary/aromatic N) is 1. The fraction of sp³-hybridized carbons (Fsp3) is 0.562. The fourth-order valence-electron chi connectivity index (χ4n) is 3.17. The number of nitrogens with one attached hydrogen (secondary N) is 2. The molecule has 2 N–H and O–H groups in total. The summed E-state index contributed by atoms with van der Waals surface area (Å²) in [7, 11) is 1.73. The summed E-state index contributed by atoms with van der Waals surface area (Å²) in [6, 6.07) is 5.85. The van der Waals surface area contributed by atoms with Gasteiger partial charge in [-0.05, 0) is 31.9 Å². The smallest absolute Gasteiger partial charge is 0.256 e. The van der Waals surface area contributed by atoms with E-state index in [1.54, 1.807) is 7.11 Å². The lowest BCUT2D eigenvalue weighted by molar-refractivity contribution is -0.0439. The van der Waals surface area contributed by atoms with Crippen LogP contribution in [0.15, 0.2) is 18.2 Å². The highest BCUT2D eigenvalue weighted by Gasteiger charge is 2.34. The van der Waals surface area contributed by atoms with Gasteiger partial charge in [0.15, 0.2) is 0 Å². The summed E-state index contributed by atoms with van der Waals surface area (Å²) < 4.78 is 5.59. The van der Waals surface area contributed by atoms with E-state index in [4.69, 9.17) is 4.74 Å². The summed E-state index contributed by atoms with van der Waals surface area (Å²) in [6.07, 6.45) is 1.98. The highest BCUT2D eigenvalue weighted by molar-refractivity contribution is 6.02. The molecule has 1 amide bonds. The minimum Gasteiger partial charge on any atom is -0.382 e. The third-order valence-electron chi connectivity index (χ3n) is 4.48. The fourth-order valence-corrected chi connectivity index (χ4v) is 3.17. The third kappa shape index (κ3) is 2.70. The Morgan fingerprint density at radius 3 is 2.95 bits per heavy atom. The van der Waals surface area contributed by atoms with E-state index < -0.39 is 0 Å². The first-order valence-electron chi connectivity index (χ1n) is 7.58. The van der Waals surface area contributed by atoms with Crippen molar-refractivity contribution >= 4 is 17.3 Å². The van der Waals surface area contributed by atoms with Gasteiger partial charge in [0.2, 0.25) is 0 Å². The molecular weight excluding hydrogens is 266 g/mol. The monoisotopic (exact) mass is 289 g/mol. The number of fused-ring (bicyclic) bond motifs is 1. The van der Waals surface area contributed by atoms with Crippen LogP contribution in [-0.4, -0.2) is 49.7 Å². The van der Waals surface area contributed by atoms with Crippen molar-refractivity contribution < 1.29 is 9.53 Å². The van der Waals surface area contributed by atoms with Gasteiger partial charge >= 0.3 is 0 Å². The minimum absolute atomic E-state index is 0.0889. The van der Waals surface area contributed by atoms with E-state index in [2.05, 4.69) is 17.6 Å². The average Bonchev–Trinajstić information content (AvgIpc) is 2.54. The number of amides is 1. The molecule has 1 atom stereocenters. The maximum absolute atomic E-state index is 12.9. The largest absolute Gasteiger partial charge is 0.382 e. The molecule has 114 valence electrons. The Morgan fingerprint density at radius 1 is 1.33 bits per heavy atom.